The molecule has 100 valence electrons. The van der Waals surface area contributed by atoms with E-state index in [1.807, 2.05) is 7.05 Å². The van der Waals surface area contributed by atoms with Crippen LogP contribution in [0.15, 0.2) is 18.3 Å². The molecule has 0 bridgehead atoms. The molecule has 2 aromatic heterocycles. The Hall–Kier alpha value is -0.950. The molecule has 0 radical (unpaired) electrons. The molecule has 2 aromatic rings. The van der Waals surface area contributed by atoms with Gasteiger partial charge in [0.15, 0.2) is 5.82 Å². The summed E-state index contributed by atoms with van der Waals surface area (Å²) in [6, 6.07) is 3.58. The molecule has 0 aliphatic carbocycles. The van der Waals surface area contributed by atoms with Gasteiger partial charge >= 0.3 is 0 Å². The Morgan fingerprint density at radius 2 is 2.05 bits per heavy atom. The van der Waals surface area contributed by atoms with Crippen LogP contribution in [0.2, 0.25) is 5.02 Å². The molecule has 0 saturated carbocycles. The predicted octanol–water partition coefficient (Wildman–Crippen LogP) is 3.96. The summed E-state index contributed by atoms with van der Waals surface area (Å²) in [6.45, 7) is 4.21. The lowest BCUT2D eigenvalue weighted by atomic mass is 10.1. The second kappa shape index (κ2) is 6.00. The van der Waals surface area contributed by atoms with Crippen molar-refractivity contribution in [1.29, 1.82) is 0 Å². The maximum atomic E-state index is 6.16. The molecule has 4 nitrogen and oxygen atoms in total. The summed E-state index contributed by atoms with van der Waals surface area (Å²) in [6.07, 6.45) is 1.69. The zero-order valence-corrected chi connectivity index (χ0v) is 13.8. The summed E-state index contributed by atoms with van der Waals surface area (Å²) in [5, 5.41) is 3.65. The smallest absolute Gasteiger partial charge is 0.182 e. The van der Waals surface area contributed by atoms with E-state index in [-0.39, 0.29) is 0 Å². The van der Waals surface area contributed by atoms with Crippen molar-refractivity contribution < 1.29 is 0 Å². The van der Waals surface area contributed by atoms with Gasteiger partial charge in [-0.15, -0.1) is 0 Å². The largest absolute Gasteiger partial charge is 0.372 e. The molecule has 0 atom stereocenters. The van der Waals surface area contributed by atoms with Gasteiger partial charge < -0.3 is 5.32 Å². The minimum absolute atomic E-state index is 0.309. The van der Waals surface area contributed by atoms with Crippen LogP contribution >= 0.6 is 34.2 Å². The molecular weight excluding hydrogens is 375 g/mol. The minimum atomic E-state index is 0.309. The first-order valence-electron chi connectivity index (χ1n) is 5.90. The number of anilines is 1. The van der Waals surface area contributed by atoms with Crippen molar-refractivity contribution in [3.63, 3.8) is 0 Å². The molecule has 0 aliphatic heterocycles. The number of nitrogens with one attached hydrogen (secondary N) is 1. The van der Waals surface area contributed by atoms with E-state index in [2.05, 4.69) is 56.7 Å². The summed E-state index contributed by atoms with van der Waals surface area (Å²) >= 11 is 8.42. The fourth-order valence-electron chi connectivity index (χ4n) is 1.67. The highest BCUT2D eigenvalue weighted by molar-refractivity contribution is 14.1. The number of hydrogen-bond acceptors (Lipinski definition) is 4. The highest BCUT2D eigenvalue weighted by Gasteiger charge is 2.17. The Morgan fingerprint density at radius 1 is 1.32 bits per heavy atom. The molecule has 0 aliphatic rings. The van der Waals surface area contributed by atoms with Gasteiger partial charge in [0.2, 0.25) is 0 Å². The number of nitrogens with zero attached hydrogens (tertiary/aromatic N) is 3. The van der Waals surface area contributed by atoms with Crippen molar-refractivity contribution in [2.45, 2.75) is 19.8 Å². The van der Waals surface area contributed by atoms with Crippen LogP contribution in [0.25, 0.3) is 11.5 Å². The average molecular weight is 389 g/mol. The van der Waals surface area contributed by atoms with Crippen LogP contribution in [0.1, 0.15) is 25.5 Å². The molecule has 2 rings (SSSR count). The quantitative estimate of drug-likeness (QED) is 0.809. The Bertz CT molecular complexity index is 601. The molecule has 0 unspecified atom stereocenters. The normalized spacial score (nSPS) is 10.8. The van der Waals surface area contributed by atoms with Gasteiger partial charge in [0.1, 0.15) is 11.5 Å². The van der Waals surface area contributed by atoms with Gasteiger partial charge in [-0.1, -0.05) is 25.4 Å². The molecule has 0 saturated heterocycles. The molecule has 19 heavy (non-hydrogen) atoms. The van der Waals surface area contributed by atoms with E-state index in [0.29, 0.717) is 22.5 Å². The monoisotopic (exact) mass is 388 g/mol. The standard InChI is InChI=1S/C13H14ClIN4/c1-7(2)10-9(15)12(16-3)19-13(18-10)11-8(14)5-4-6-17-11/h4-7H,1-3H3,(H,16,18,19). The van der Waals surface area contributed by atoms with Crippen molar-refractivity contribution in [2.75, 3.05) is 12.4 Å². The molecule has 0 amide bonds. The summed E-state index contributed by atoms with van der Waals surface area (Å²) < 4.78 is 1.03. The van der Waals surface area contributed by atoms with Gasteiger partial charge in [-0.2, -0.15) is 0 Å². The van der Waals surface area contributed by atoms with Crippen LogP contribution in [0, 0.1) is 3.57 Å². The Morgan fingerprint density at radius 3 is 2.63 bits per heavy atom. The Balaban J connectivity index is 2.65. The van der Waals surface area contributed by atoms with Gasteiger partial charge in [-0.3, -0.25) is 4.98 Å². The summed E-state index contributed by atoms with van der Waals surface area (Å²) in [4.78, 5) is 13.4. The summed E-state index contributed by atoms with van der Waals surface area (Å²) in [5.41, 5.74) is 1.61. The number of aromatic nitrogens is 3. The van der Waals surface area contributed by atoms with Gasteiger partial charge in [0.25, 0.3) is 0 Å². The van der Waals surface area contributed by atoms with Crippen LogP contribution in [-0.4, -0.2) is 22.0 Å². The zero-order chi connectivity index (χ0) is 14.0. The molecule has 0 fully saturated rings. The lowest BCUT2D eigenvalue weighted by Gasteiger charge is -2.13. The molecule has 0 spiro atoms. The first kappa shape index (κ1) is 14.5. The number of halogens is 2. The van der Waals surface area contributed by atoms with Crippen LogP contribution in [-0.2, 0) is 0 Å². The first-order chi connectivity index (χ1) is 9.04. The summed E-state index contributed by atoms with van der Waals surface area (Å²) in [5.74, 6) is 1.67. The average Bonchev–Trinajstić information content (AvgIpc) is 2.39. The molecule has 6 heteroatoms. The van der Waals surface area contributed by atoms with Gasteiger partial charge in [-0.25, -0.2) is 9.97 Å². The van der Waals surface area contributed by atoms with E-state index in [4.69, 9.17) is 11.6 Å². The third-order valence-electron chi connectivity index (χ3n) is 2.63. The van der Waals surface area contributed by atoms with Crippen molar-refractivity contribution in [2.24, 2.45) is 0 Å². The predicted molar refractivity (Wildman–Crippen MR) is 86.6 cm³/mol. The third kappa shape index (κ3) is 2.97. The van der Waals surface area contributed by atoms with E-state index in [0.717, 1.165) is 15.1 Å². The Labute approximate surface area is 131 Å². The van der Waals surface area contributed by atoms with Crippen LogP contribution in [0.5, 0.6) is 0 Å². The molecule has 0 aromatic carbocycles. The van der Waals surface area contributed by atoms with Gasteiger partial charge in [0, 0.05) is 13.2 Å². The molecule has 2 heterocycles. The second-order valence-electron chi connectivity index (χ2n) is 4.33. The maximum absolute atomic E-state index is 6.16. The van der Waals surface area contributed by atoms with E-state index < -0.39 is 0 Å². The van der Waals surface area contributed by atoms with Crippen LogP contribution in [0.3, 0.4) is 0 Å². The number of rotatable bonds is 3. The molecular formula is C13H14ClIN4. The van der Waals surface area contributed by atoms with Crippen LogP contribution in [0.4, 0.5) is 5.82 Å². The maximum Gasteiger partial charge on any atom is 0.182 e. The van der Waals surface area contributed by atoms with Gasteiger partial charge in [-0.05, 0) is 40.6 Å². The highest BCUT2D eigenvalue weighted by Crippen LogP contribution is 2.29. The van der Waals surface area contributed by atoms with Crippen molar-refractivity contribution >= 4 is 40.0 Å². The fourth-order valence-corrected chi connectivity index (χ4v) is 3.01. The van der Waals surface area contributed by atoms with Crippen molar-refractivity contribution in [3.8, 4) is 11.5 Å². The Kier molecular flexibility index (Phi) is 4.57. The van der Waals surface area contributed by atoms with Crippen molar-refractivity contribution in [1.82, 2.24) is 15.0 Å². The van der Waals surface area contributed by atoms with Crippen LogP contribution < -0.4 is 5.32 Å². The van der Waals surface area contributed by atoms with E-state index in [1.165, 1.54) is 0 Å². The van der Waals surface area contributed by atoms with E-state index in [9.17, 15) is 0 Å². The lowest BCUT2D eigenvalue weighted by molar-refractivity contribution is 0.808. The van der Waals surface area contributed by atoms with Crippen molar-refractivity contribution in [3.05, 3.63) is 32.6 Å². The first-order valence-corrected chi connectivity index (χ1v) is 7.36. The van der Waals surface area contributed by atoms with E-state index in [1.54, 1.807) is 18.3 Å². The third-order valence-corrected chi connectivity index (χ3v) is 4.00. The molecule has 1 N–H and O–H groups in total. The zero-order valence-electron chi connectivity index (χ0n) is 10.9. The fraction of sp³-hybridized carbons (Fsp3) is 0.308. The summed E-state index contributed by atoms with van der Waals surface area (Å²) in [7, 11) is 1.85. The lowest BCUT2D eigenvalue weighted by Crippen LogP contribution is -2.07. The van der Waals surface area contributed by atoms with E-state index >= 15 is 0 Å². The SMILES string of the molecule is CNc1nc(-c2ncccc2Cl)nc(C(C)C)c1I. The number of hydrogen-bond donors (Lipinski definition) is 1. The highest BCUT2D eigenvalue weighted by atomic mass is 127. The minimum Gasteiger partial charge on any atom is -0.372 e. The topological polar surface area (TPSA) is 50.7 Å². The second-order valence-corrected chi connectivity index (χ2v) is 5.82. The van der Waals surface area contributed by atoms with Gasteiger partial charge in [0.05, 0.1) is 14.3 Å². The number of pyridine rings is 1.